The van der Waals surface area contributed by atoms with Gasteiger partial charge in [-0.2, -0.15) is 0 Å². The molecule has 0 bridgehead atoms. The van der Waals surface area contributed by atoms with Gasteiger partial charge >= 0.3 is 17.9 Å². The molecule has 0 spiro atoms. The second-order valence-electron chi connectivity index (χ2n) is 13.5. The van der Waals surface area contributed by atoms with Crippen molar-refractivity contribution in [1.82, 2.24) is 0 Å². The van der Waals surface area contributed by atoms with Crippen LogP contribution in [0, 0.1) is 0 Å². The van der Waals surface area contributed by atoms with E-state index in [1.165, 1.54) is 77.0 Å². The summed E-state index contributed by atoms with van der Waals surface area (Å²) in [5.41, 5.74) is 0. The van der Waals surface area contributed by atoms with Gasteiger partial charge in [-0.25, -0.2) is 0 Å². The Morgan fingerprint density at radius 2 is 0.729 bits per heavy atom. The first-order valence-corrected chi connectivity index (χ1v) is 20.3. The normalized spacial score (nSPS) is 12.1. The Balaban J connectivity index is 4.25. The average Bonchev–Trinajstić information content (AvgIpc) is 3.08. The maximum Gasteiger partial charge on any atom is 0.306 e. The van der Waals surface area contributed by atoms with E-state index in [1.807, 2.05) is 0 Å². The van der Waals surface area contributed by atoms with Crippen molar-refractivity contribution in [2.75, 3.05) is 13.2 Å². The van der Waals surface area contributed by atoms with Crippen molar-refractivity contribution in [3.8, 4) is 0 Å². The lowest BCUT2D eigenvalue weighted by Crippen LogP contribution is -2.30. The molecule has 6 nitrogen and oxygen atoms in total. The van der Waals surface area contributed by atoms with E-state index in [0.29, 0.717) is 19.3 Å². The van der Waals surface area contributed by atoms with E-state index in [0.717, 1.165) is 89.9 Å². The summed E-state index contributed by atoms with van der Waals surface area (Å²) < 4.78 is 16.5. The zero-order valence-electron chi connectivity index (χ0n) is 31.8. The molecule has 0 N–H and O–H groups in total. The zero-order valence-corrected chi connectivity index (χ0v) is 31.8. The van der Waals surface area contributed by atoms with Gasteiger partial charge in [0, 0.05) is 19.3 Å². The van der Waals surface area contributed by atoms with Crippen molar-refractivity contribution in [3.05, 3.63) is 24.3 Å². The molecule has 0 rings (SSSR count). The third-order valence-electron chi connectivity index (χ3n) is 8.66. The molecule has 1 atom stereocenters. The number of unbranched alkanes of at least 4 members (excludes halogenated alkanes) is 21. The highest BCUT2D eigenvalue weighted by molar-refractivity contribution is 5.71. The number of esters is 3. The molecular weight excluding hydrogens is 600 g/mol. The van der Waals surface area contributed by atoms with Crippen LogP contribution in [0.25, 0.3) is 0 Å². The molecule has 0 saturated carbocycles. The molecule has 0 radical (unpaired) electrons. The molecule has 0 fully saturated rings. The molecule has 280 valence electrons. The highest BCUT2D eigenvalue weighted by atomic mass is 16.6. The van der Waals surface area contributed by atoms with Crippen LogP contribution in [0.3, 0.4) is 0 Å². The number of carbonyl (C=O) groups excluding carboxylic acids is 3. The maximum absolute atomic E-state index is 12.6. The van der Waals surface area contributed by atoms with Gasteiger partial charge in [-0.3, -0.25) is 14.4 Å². The third-order valence-corrected chi connectivity index (χ3v) is 8.66. The summed E-state index contributed by atoms with van der Waals surface area (Å²) in [6.07, 6.45) is 39.0. The van der Waals surface area contributed by atoms with Crippen LogP contribution in [0.4, 0.5) is 0 Å². The predicted octanol–water partition coefficient (Wildman–Crippen LogP) is 12.5. The number of ether oxygens (including phenoxy) is 3. The Labute approximate surface area is 296 Å². The van der Waals surface area contributed by atoms with Crippen LogP contribution in [0.15, 0.2) is 24.3 Å². The minimum absolute atomic E-state index is 0.0776. The highest BCUT2D eigenvalue weighted by Crippen LogP contribution is 2.13. The van der Waals surface area contributed by atoms with E-state index < -0.39 is 6.10 Å². The molecule has 0 aliphatic heterocycles. The minimum atomic E-state index is -0.769. The van der Waals surface area contributed by atoms with Crippen molar-refractivity contribution in [1.29, 1.82) is 0 Å². The molecule has 0 aliphatic rings. The molecule has 0 aromatic heterocycles. The summed E-state index contributed by atoms with van der Waals surface area (Å²) in [6.45, 7) is 6.45. The summed E-state index contributed by atoms with van der Waals surface area (Å²) in [7, 11) is 0. The molecule has 6 heteroatoms. The number of hydrogen-bond acceptors (Lipinski definition) is 6. The van der Waals surface area contributed by atoms with Crippen molar-refractivity contribution in [2.24, 2.45) is 0 Å². The lowest BCUT2D eigenvalue weighted by Gasteiger charge is -2.18. The summed E-state index contributed by atoms with van der Waals surface area (Å²) >= 11 is 0. The zero-order chi connectivity index (χ0) is 35.2. The van der Waals surface area contributed by atoms with Crippen molar-refractivity contribution >= 4 is 17.9 Å². The molecule has 0 amide bonds. The molecule has 0 aromatic carbocycles. The molecule has 0 heterocycles. The first kappa shape index (κ1) is 45.9. The second-order valence-corrected chi connectivity index (χ2v) is 13.5. The van der Waals surface area contributed by atoms with Crippen LogP contribution in [0.2, 0.25) is 0 Å². The van der Waals surface area contributed by atoms with Gasteiger partial charge in [0.2, 0.25) is 0 Å². The van der Waals surface area contributed by atoms with Gasteiger partial charge in [0.15, 0.2) is 6.10 Å². The molecular formula is C42H76O6. The molecule has 0 aromatic rings. The Morgan fingerprint density at radius 1 is 0.396 bits per heavy atom. The molecule has 1 unspecified atom stereocenters. The van der Waals surface area contributed by atoms with Gasteiger partial charge in [-0.1, -0.05) is 148 Å². The second kappa shape index (κ2) is 37.7. The smallest absolute Gasteiger partial charge is 0.306 e. The Morgan fingerprint density at radius 3 is 1.12 bits per heavy atom. The lowest BCUT2D eigenvalue weighted by atomic mass is 10.1. The topological polar surface area (TPSA) is 78.9 Å². The fourth-order valence-electron chi connectivity index (χ4n) is 5.55. The van der Waals surface area contributed by atoms with Gasteiger partial charge < -0.3 is 14.2 Å². The average molecular weight is 677 g/mol. The molecule has 0 aliphatic carbocycles. The fraction of sp³-hybridized carbons (Fsp3) is 0.833. The quantitative estimate of drug-likeness (QED) is 0.0284. The van der Waals surface area contributed by atoms with Crippen LogP contribution in [0.5, 0.6) is 0 Å². The van der Waals surface area contributed by atoms with Gasteiger partial charge in [-0.05, 0) is 64.2 Å². The standard InChI is InChI=1S/C42H76O6/c1-4-7-10-13-15-17-19-20-21-22-23-25-26-29-32-35-41(44)47-38-39(37-46-40(43)34-31-28-12-9-6-3)48-42(45)36-33-30-27-24-18-16-14-11-8-5-2/h11,14,20-21,39H,4-10,12-13,15-19,22-38H2,1-3H3/b14-11-,21-20-. The SMILES string of the molecule is CCC/C=C\CCCCCCCC(=O)OC(COC(=O)CCCCCCC)COC(=O)CCCCCCC/C=C\CCCCCCCC. The van der Waals surface area contributed by atoms with E-state index in [-0.39, 0.29) is 31.1 Å². The van der Waals surface area contributed by atoms with Gasteiger partial charge in [0.1, 0.15) is 13.2 Å². The summed E-state index contributed by atoms with van der Waals surface area (Å²) in [5, 5.41) is 0. The number of allylic oxidation sites excluding steroid dienone is 4. The van der Waals surface area contributed by atoms with Crippen LogP contribution >= 0.6 is 0 Å². The van der Waals surface area contributed by atoms with Crippen LogP contribution in [-0.4, -0.2) is 37.2 Å². The predicted molar refractivity (Wildman–Crippen MR) is 201 cm³/mol. The van der Waals surface area contributed by atoms with E-state index in [9.17, 15) is 14.4 Å². The van der Waals surface area contributed by atoms with E-state index >= 15 is 0 Å². The van der Waals surface area contributed by atoms with Crippen LogP contribution in [-0.2, 0) is 28.6 Å². The summed E-state index contributed by atoms with van der Waals surface area (Å²) in [4.78, 5) is 37.2. The van der Waals surface area contributed by atoms with Crippen molar-refractivity contribution in [2.45, 2.75) is 213 Å². The summed E-state index contributed by atoms with van der Waals surface area (Å²) in [5.74, 6) is -0.913. The molecule has 48 heavy (non-hydrogen) atoms. The van der Waals surface area contributed by atoms with E-state index in [4.69, 9.17) is 14.2 Å². The van der Waals surface area contributed by atoms with Crippen molar-refractivity contribution in [3.63, 3.8) is 0 Å². The fourth-order valence-corrected chi connectivity index (χ4v) is 5.55. The number of carbonyl (C=O) groups is 3. The Kier molecular flexibility index (Phi) is 36.0. The molecule has 0 saturated heterocycles. The largest absolute Gasteiger partial charge is 0.462 e. The van der Waals surface area contributed by atoms with Crippen LogP contribution < -0.4 is 0 Å². The van der Waals surface area contributed by atoms with Gasteiger partial charge in [0.05, 0.1) is 0 Å². The van der Waals surface area contributed by atoms with Crippen LogP contribution in [0.1, 0.15) is 207 Å². The first-order valence-electron chi connectivity index (χ1n) is 20.3. The monoisotopic (exact) mass is 677 g/mol. The first-order chi connectivity index (χ1) is 23.5. The minimum Gasteiger partial charge on any atom is -0.462 e. The number of rotatable bonds is 36. The van der Waals surface area contributed by atoms with Gasteiger partial charge in [-0.15, -0.1) is 0 Å². The number of hydrogen-bond donors (Lipinski definition) is 0. The Bertz CT molecular complexity index is 789. The van der Waals surface area contributed by atoms with Gasteiger partial charge in [0.25, 0.3) is 0 Å². The Hall–Kier alpha value is -2.11. The summed E-state index contributed by atoms with van der Waals surface area (Å²) in [6, 6.07) is 0. The van der Waals surface area contributed by atoms with Crippen molar-refractivity contribution < 1.29 is 28.6 Å². The third kappa shape index (κ3) is 35.2. The van der Waals surface area contributed by atoms with E-state index in [2.05, 4.69) is 45.1 Å². The maximum atomic E-state index is 12.6. The highest BCUT2D eigenvalue weighted by Gasteiger charge is 2.19. The lowest BCUT2D eigenvalue weighted by molar-refractivity contribution is -0.167. The van der Waals surface area contributed by atoms with E-state index in [1.54, 1.807) is 0 Å².